The molecule has 0 radical (unpaired) electrons. The summed E-state index contributed by atoms with van der Waals surface area (Å²) in [5, 5.41) is 11.2. The van der Waals surface area contributed by atoms with Crippen molar-refractivity contribution in [2.75, 3.05) is 13.7 Å². The molecule has 4 heteroatoms. The van der Waals surface area contributed by atoms with E-state index in [9.17, 15) is 0 Å². The molecule has 0 aromatic heterocycles. The quantitative estimate of drug-likeness (QED) is 0.829. The minimum atomic E-state index is 0.230. The molecule has 3 nitrogen and oxygen atoms in total. The molecule has 0 heterocycles. The highest BCUT2D eigenvalue weighted by molar-refractivity contribution is 9.10. The van der Waals surface area contributed by atoms with Gasteiger partial charge in [0.15, 0.2) is 0 Å². The van der Waals surface area contributed by atoms with Gasteiger partial charge in [0.05, 0.1) is 18.2 Å². The normalized spacial score (nSPS) is 12.5. The Morgan fingerprint density at radius 2 is 2.25 bits per heavy atom. The maximum atomic E-state index is 9.08. The van der Waals surface area contributed by atoms with Gasteiger partial charge in [-0.1, -0.05) is 6.92 Å². The minimum absolute atomic E-state index is 0.230. The zero-order chi connectivity index (χ0) is 12.0. The molecule has 0 aliphatic carbocycles. The van der Waals surface area contributed by atoms with Gasteiger partial charge in [-0.25, -0.2) is 0 Å². The third-order valence-corrected chi connectivity index (χ3v) is 3.28. The summed E-state index contributed by atoms with van der Waals surface area (Å²) in [5.74, 6) is 0.845. The van der Waals surface area contributed by atoms with Crippen LogP contribution in [0.25, 0.3) is 0 Å². The lowest BCUT2D eigenvalue weighted by Crippen LogP contribution is -2.89. The van der Waals surface area contributed by atoms with E-state index in [1.807, 2.05) is 12.1 Å². The van der Waals surface area contributed by atoms with Crippen LogP contribution in [-0.2, 0) is 6.54 Å². The van der Waals surface area contributed by atoms with Gasteiger partial charge >= 0.3 is 0 Å². The zero-order valence-corrected chi connectivity index (χ0v) is 11.3. The van der Waals surface area contributed by atoms with Crippen molar-refractivity contribution in [3.8, 4) is 5.75 Å². The van der Waals surface area contributed by atoms with Crippen molar-refractivity contribution in [3.05, 3.63) is 28.2 Å². The molecule has 1 aromatic carbocycles. The van der Waals surface area contributed by atoms with Crippen LogP contribution in [0.4, 0.5) is 0 Å². The molecule has 0 amide bonds. The van der Waals surface area contributed by atoms with Crippen molar-refractivity contribution in [2.45, 2.75) is 25.9 Å². The van der Waals surface area contributed by atoms with Crippen molar-refractivity contribution >= 4 is 15.9 Å². The van der Waals surface area contributed by atoms with E-state index in [2.05, 4.69) is 34.2 Å². The Kier molecular flexibility index (Phi) is 5.80. The van der Waals surface area contributed by atoms with Gasteiger partial charge in [-0.2, -0.15) is 0 Å². The molecule has 0 saturated heterocycles. The molecule has 16 heavy (non-hydrogen) atoms. The summed E-state index contributed by atoms with van der Waals surface area (Å²) < 4.78 is 6.14. The van der Waals surface area contributed by atoms with E-state index in [0.717, 1.165) is 23.2 Å². The van der Waals surface area contributed by atoms with Gasteiger partial charge in [-0.15, -0.1) is 0 Å². The molecule has 1 rings (SSSR count). The van der Waals surface area contributed by atoms with Gasteiger partial charge in [0.25, 0.3) is 0 Å². The molecule has 0 unspecified atom stereocenters. The Bertz CT molecular complexity index is 327. The van der Waals surface area contributed by atoms with E-state index in [1.165, 1.54) is 5.56 Å². The monoisotopic (exact) mass is 288 g/mol. The molecule has 3 N–H and O–H groups in total. The third-order valence-electron chi connectivity index (χ3n) is 2.66. The minimum Gasteiger partial charge on any atom is -0.496 e. The highest BCUT2D eigenvalue weighted by Gasteiger charge is 2.08. The molecular weight excluding hydrogens is 270 g/mol. The van der Waals surface area contributed by atoms with Crippen LogP contribution in [0.3, 0.4) is 0 Å². The van der Waals surface area contributed by atoms with Crippen LogP contribution >= 0.6 is 15.9 Å². The number of ether oxygens (including phenoxy) is 1. The number of quaternary nitrogens is 1. The average molecular weight is 289 g/mol. The first-order chi connectivity index (χ1) is 7.71. The van der Waals surface area contributed by atoms with Gasteiger partial charge in [-0.3, -0.25) is 0 Å². The molecule has 1 aromatic rings. The number of aliphatic hydroxyl groups is 1. The Labute approximate surface area is 105 Å². The van der Waals surface area contributed by atoms with Crippen molar-refractivity contribution in [1.29, 1.82) is 0 Å². The molecule has 90 valence electrons. The second kappa shape index (κ2) is 6.89. The molecule has 1 atom stereocenters. The summed E-state index contributed by atoms with van der Waals surface area (Å²) in [6.07, 6.45) is 0.980. The summed E-state index contributed by atoms with van der Waals surface area (Å²) in [7, 11) is 1.66. The number of aliphatic hydroxyl groups excluding tert-OH is 1. The van der Waals surface area contributed by atoms with Crippen molar-refractivity contribution in [2.24, 2.45) is 0 Å². The lowest BCUT2D eigenvalue weighted by molar-refractivity contribution is -0.706. The van der Waals surface area contributed by atoms with Gasteiger partial charge < -0.3 is 15.2 Å². The van der Waals surface area contributed by atoms with Gasteiger partial charge in [0.2, 0.25) is 0 Å². The first-order valence-electron chi connectivity index (χ1n) is 5.47. The summed E-state index contributed by atoms with van der Waals surface area (Å²) in [4.78, 5) is 0. The Morgan fingerprint density at radius 1 is 1.50 bits per heavy atom. The van der Waals surface area contributed by atoms with Crippen LogP contribution < -0.4 is 10.1 Å². The van der Waals surface area contributed by atoms with Crippen LogP contribution in [-0.4, -0.2) is 24.9 Å². The Hall–Kier alpha value is -0.580. The lowest BCUT2D eigenvalue weighted by Gasteiger charge is -2.11. The number of methoxy groups -OCH3 is 1. The van der Waals surface area contributed by atoms with Crippen molar-refractivity contribution in [3.63, 3.8) is 0 Å². The van der Waals surface area contributed by atoms with E-state index < -0.39 is 0 Å². The number of rotatable bonds is 6. The fourth-order valence-corrected chi connectivity index (χ4v) is 2.10. The topological polar surface area (TPSA) is 46.1 Å². The molecule has 0 aliphatic heterocycles. The lowest BCUT2D eigenvalue weighted by atomic mass is 10.2. The average Bonchev–Trinajstić information content (AvgIpc) is 2.30. The number of benzene rings is 1. The molecule has 0 aliphatic rings. The molecule has 0 saturated carbocycles. The SMILES string of the molecule is CC[C@@H](CO)[NH2+]Cc1ccc(OC)c(Br)c1. The standard InChI is InChI=1S/C12H18BrNO2/c1-3-10(8-15)14-7-9-4-5-12(16-2)11(13)6-9/h4-6,10,14-15H,3,7-8H2,1-2H3/p+1/t10-/m0/s1. The smallest absolute Gasteiger partial charge is 0.133 e. The van der Waals surface area contributed by atoms with Gasteiger partial charge in [0.1, 0.15) is 18.3 Å². The van der Waals surface area contributed by atoms with Crippen molar-refractivity contribution in [1.82, 2.24) is 0 Å². The molecule has 0 bridgehead atoms. The number of nitrogens with two attached hydrogens (primary N) is 1. The Balaban J connectivity index is 2.58. The number of halogens is 1. The highest BCUT2D eigenvalue weighted by atomic mass is 79.9. The molecular formula is C12H19BrNO2+. The second-order valence-corrected chi connectivity index (χ2v) is 4.61. The largest absolute Gasteiger partial charge is 0.496 e. The van der Waals surface area contributed by atoms with Crippen LogP contribution in [0.15, 0.2) is 22.7 Å². The van der Waals surface area contributed by atoms with E-state index in [4.69, 9.17) is 9.84 Å². The predicted octanol–water partition coefficient (Wildman–Crippen LogP) is 1.29. The van der Waals surface area contributed by atoms with Crippen LogP contribution in [0, 0.1) is 0 Å². The van der Waals surface area contributed by atoms with Gasteiger partial charge in [-0.05, 0) is 40.5 Å². The van der Waals surface area contributed by atoms with Crippen molar-refractivity contribution < 1.29 is 15.2 Å². The summed E-state index contributed by atoms with van der Waals surface area (Å²) >= 11 is 3.46. The number of hydrogen-bond acceptors (Lipinski definition) is 2. The zero-order valence-electron chi connectivity index (χ0n) is 9.74. The summed E-state index contributed by atoms with van der Waals surface area (Å²) in [6, 6.07) is 6.34. The predicted molar refractivity (Wildman–Crippen MR) is 67.5 cm³/mol. The van der Waals surface area contributed by atoms with Crippen LogP contribution in [0.1, 0.15) is 18.9 Å². The second-order valence-electron chi connectivity index (χ2n) is 3.76. The third kappa shape index (κ3) is 3.77. The first kappa shape index (κ1) is 13.5. The fraction of sp³-hybridized carbons (Fsp3) is 0.500. The summed E-state index contributed by atoms with van der Waals surface area (Å²) in [5.41, 5.74) is 1.22. The first-order valence-corrected chi connectivity index (χ1v) is 6.27. The Morgan fingerprint density at radius 3 is 2.75 bits per heavy atom. The van der Waals surface area contributed by atoms with Crippen LogP contribution in [0.2, 0.25) is 0 Å². The highest BCUT2D eigenvalue weighted by Crippen LogP contribution is 2.25. The number of hydrogen-bond donors (Lipinski definition) is 2. The van der Waals surface area contributed by atoms with E-state index >= 15 is 0 Å². The van der Waals surface area contributed by atoms with E-state index in [-0.39, 0.29) is 6.61 Å². The van der Waals surface area contributed by atoms with Crippen LogP contribution in [0.5, 0.6) is 5.75 Å². The summed E-state index contributed by atoms with van der Waals surface area (Å²) in [6.45, 7) is 3.19. The van der Waals surface area contributed by atoms with E-state index in [1.54, 1.807) is 7.11 Å². The fourth-order valence-electron chi connectivity index (χ4n) is 1.51. The maximum absolute atomic E-state index is 9.08. The van der Waals surface area contributed by atoms with E-state index in [0.29, 0.717) is 6.04 Å². The molecule has 0 fully saturated rings. The van der Waals surface area contributed by atoms with Gasteiger partial charge in [0, 0.05) is 5.56 Å². The molecule has 0 spiro atoms. The maximum Gasteiger partial charge on any atom is 0.133 e.